The second-order valence-corrected chi connectivity index (χ2v) is 5.69. The van der Waals surface area contributed by atoms with E-state index in [1.165, 1.54) is 0 Å². The van der Waals surface area contributed by atoms with E-state index in [4.69, 9.17) is 21.4 Å². The molecule has 0 radical (unpaired) electrons. The van der Waals surface area contributed by atoms with Gasteiger partial charge in [0.2, 0.25) is 0 Å². The van der Waals surface area contributed by atoms with E-state index < -0.39 is 17.6 Å². The molecule has 106 valence electrons. The van der Waals surface area contributed by atoms with E-state index in [9.17, 15) is 9.90 Å². The fourth-order valence-electron chi connectivity index (χ4n) is 1.90. The standard InChI is InChI=1S/C13H14ClN3O3/c1-7-10(14)12(19)17(11(7)18)9-6-8(20-16-9)13(2,3)4-5-15/h6,11,18H,4H2,1-3H3. The lowest BCUT2D eigenvalue weighted by Gasteiger charge is -2.18. The van der Waals surface area contributed by atoms with Crippen molar-refractivity contribution in [2.24, 2.45) is 0 Å². The zero-order valence-electron chi connectivity index (χ0n) is 11.3. The van der Waals surface area contributed by atoms with E-state index in [0.717, 1.165) is 4.90 Å². The molecule has 1 amide bonds. The SMILES string of the molecule is CC1=C(Cl)C(=O)N(c2cc(C(C)(C)CC#N)on2)C1O. The summed E-state index contributed by atoms with van der Waals surface area (Å²) < 4.78 is 5.19. The minimum Gasteiger partial charge on any atom is -0.369 e. The third-order valence-electron chi connectivity index (χ3n) is 3.32. The molecule has 0 fully saturated rings. The van der Waals surface area contributed by atoms with Crippen LogP contribution in [-0.4, -0.2) is 22.4 Å². The molecule has 2 rings (SSSR count). The van der Waals surface area contributed by atoms with E-state index in [2.05, 4.69) is 11.2 Å². The van der Waals surface area contributed by atoms with Gasteiger partial charge in [0.05, 0.1) is 6.07 Å². The first kappa shape index (κ1) is 14.6. The number of nitrogens with zero attached hydrogens (tertiary/aromatic N) is 3. The number of nitriles is 1. The summed E-state index contributed by atoms with van der Waals surface area (Å²) >= 11 is 5.83. The number of amides is 1. The van der Waals surface area contributed by atoms with Crippen molar-refractivity contribution in [3.05, 3.63) is 22.4 Å². The Bertz CT molecular complexity index is 627. The molecule has 1 N–H and O–H groups in total. The smallest absolute Gasteiger partial charge is 0.273 e. The van der Waals surface area contributed by atoms with Gasteiger partial charge in [-0.15, -0.1) is 0 Å². The molecule has 0 saturated carbocycles. The second kappa shape index (κ2) is 4.93. The fourth-order valence-corrected chi connectivity index (χ4v) is 2.09. The molecule has 1 aliphatic heterocycles. The largest absolute Gasteiger partial charge is 0.369 e. The zero-order valence-corrected chi connectivity index (χ0v) is 12.1. The molecular weight excluding hydrogens is 282 g/mol. The quantitative estimate of drug-likeness (QED) is 0.921. The van der Waals surface area contributed by atoms with E-state index in [0.29, 0.717) is 11.3 Å². The lowest BCUT2D eigenvalue weighted by molar-refractivity contribution is -0.115. The van der Waals surface area contributed by atoms with Gasteiger partial charge < -0.3 is 9.63 Å². The van der Waals surface area contributed by atoms with Gasteiger partial charge in [-0.25, -0.2) is 0 Å². The van der Waals surface area contributed by atoms with Gasteiger partial charge >= 0.3 is 0 Å². The maximum atomic E-state index is 12.0. The van der Waals surface area contributed by atoms with Gasteiger partial charge in [-0.2, -0.15) is 5.26 Å². The summed E-state index contributed by atoms with van der Waals surface area (Å²) in [6, 6.07) is 3.61. The Labute approximate surface area is 121 Å². The van der Waals surface area contributed by atoms with Gasteiger partial charge in [-0.3, -0.25) is 9.69 Å². The van der Waals surface area contributed by atoms with Crippen LogP contribution >= 0.6 is 11.6 Å². The lowest BCUT2D eigenvalue weighted by Crippen LogP contribution is -2.35. The number of anilines is 1. The van der Waals surface area contributed by atoms with Gasteiger partial charge in [0.1, 0.15) is 10.8 Å². The maximum Gasteiger partial charge on any atom is 0.273 e. The number of rotatable bonds is 3. The van der Waals surface area contributed by atoms with Crippen LogP contribution in [0.25, 0.3) is 0 Å². The van der Waals surface area contributed by atoms with Crippen molar-refractivity contribution in [1.82, 2.24) is 5.16 Å². The van der Waals surface area contributed by atoms with Crippen LogP contribution in [0.3, 0.4) is 0 Å². The summed E-state index contributed by atoms with van der Waals surface area (Å²) in [6.07, 6.45) is -0.900. The number of carbonyl (C=O) groups excluding carboxylic acids is 1. The summed E-state index contributed by atoms with van der Waals surface area (Å²) in [5.74, 6) is 0.128. The Morgan fingerprint density at radius 3 is 2.80 bits per heavy atom. The van der Waals surface area contributed by atoms with Crippen LogP contribution in [0.5, 0.6) is 0 Å². The van der Waals surface area contributed by atoms with Crippen molar-refractivity contribution in [2.75, 3.05) is 4.90 Å². The molecule has 0 bridgehead atoms. The van der Waals surface area contributed by atoms with Crippen LogP contribution in [0.4, 0.5) is 5.82 Å². The Kier molecular flexibility index (Phi) is 3.59. The van der Waals surface area contributed by atoms with Gasteiger partial charge in [-0.1, -0.05) is 30.6 Å². The number of halogens is 1. The van der Waals surface area contributed by atoms with Crippen LogP contribution in [0, 0.1) is 11.3 Å². The highest BCUT2D eigenvalue weighted by Crippen LogP contribution is 2.34. The topological polar surface area (TPSA) is 90.4 Å². The molecule has 1 atom stereocenters. The molecule has 0 saturated heterocycles. The first-order valence-corrected chi connectivity index (χ1v) is 6.39. The van der Waals surface area contributed by atoms with E-state index in [1.807, 2.05) is 13.8 Å². The second-order valence-electron chi connectivity index (χ2n) is 5.31. The number of aliphatic hydroxyl groups is 1. The predicted molar refractivity (Wildman–Crippen MR) is 71.8 cm³/mol. The fraction of sp³-hybridized carbons (Fsp3) is 0.462. The van der Waals surface area contributed by atoms with Crippen LogP contribution in [0.1, 0.15) is 33.0 Å². The van der Waals surface area contributed by atoms with Gasteiger partial charge in [0.15, 0.2) is 12.0 Å². The number of aromatic nitrogens is 1. The van der Waals surface area contributed by atoms with Crippen molar-refractivity contribution in [3.8, 4) is 6.07 Å². The first-order valence-electron chi connectivity index (χ1n) is 6.01. The maximum absolute atomic E-state index is 12.0. The van der Waals surface area contributed by atoms with E-state index in [1.54, 1.807) is 13.0 Å². The average Bonchev–Trinajstić information content (AvgIpc) is 2.92. The van der Waals surface area contributed by atoms with Crippen LogP contribution < -0.4 is 4.90 Å². The number of hydrogen-bond acceptors (Lipinski definition) is 5. The Balaban J connectivity index is 2.32. The van der Waals surface area contributed by atoms with Crippen molar-refractivity contribution in [3.63, 3.8) is 0 Å². The molecule has 20 heavy (non-hydrogen) atoms. The summed E-state index contributed by atoms with van der Waals surface area (Å²) in [5.41, 5.74) is -0.155. The molecule has 0 spiro atoms. The summed E-state index contributed by atoms with van der Waals surface area (Å²) in [6.45, 7) is 5.24. The Morgan fingerprint density at radius 2 is 2.30 bits per heavy atom. The number of hydrogen-bond donors (Lipinski definition) is 1. The molecule has 6 nitrogen and oxygen atoms in total. The highest BCUT2D eigenvalue weighted by molar-refractivity contribution is 6.45. The molecule has 1 aliphatic rings. The molecule has 2 heterocycles. The minimum atomic E-state index is -1.15. The van der Waals surface area contributed by atoms with E-state index >= 15 is 0 Å². The predicted octanol–water partition coefficient (Wildman–Crippen LogP) is 2.04. The zero-order chi connectivity index (χ0) is 15.1. The Hall–Kier alpha value is -1.84. The van der Waals surface area contributed by atoms with Gasteiger partial charge in [-0.05, 0) is 6.92 Å². The lowest BCUT2D eigenvalue weighted by atomic mass is 9.87. The minimum absolute atomic E-state index is 0.0154. The molecule has 0 aliphatic carbocycles. The first-order chi connectivity index (χ1) is 9.29. The summed E-state index contributed by atoms with van der Waals surface area (Å²) in [4.78, 5) is 13.0. The third kappa shape index (κ3) is 2.19. The average molecular weight is 296 g/mol. The highest BCUT2D eigenvalue weighted by Gasteiger charge is 2.38. The molecule has 7 heteroatoms. The third-order valence-corrected chi connectivity index (χ3v) is 3.78. The summed E-state index contributed by atoms with van der Waals surface area (Å²) in [7, 11) is 0. The van der Waals surface area contributed by atoms with Crippen LogP contribution in [-0.2, 0) is 10.2 Å². The van der Waals surface area contributed by atoms with Crippen LogP contribution in [0.15, 0.2) is 21.2 Å². The van der Waals surface area contributed by atoms with Crippen molar-refractivity contribution < 1.29 is 14.4 Å². The molecule has 1 unspecified atom stereocenters. The molecular formula is C13H14ClN3O3. The van der Waals surface area contributed by atoms with Crippen molar-refractivity contribution in [1.29, 1.82) is 5.26 Å². The Morgan fingerprint density at radius 1 is 1.65 bits per heavy atom. The normalized spacial score (nSPS) is 19.7. The van der Waals surface area contributed by atoms with Crippen molar-refractivity contribution in [2.45, 2.75) is 38.8 Å². The number of carbonyl (C=O) groups is 1. The highest BCUT2D eigenvalue weighted by atomic mass is 35.5. The monoisotopic (exact) mass is 295 g/mol. The van der Waals surface area contributed by atoms with E-state index in [-0.39, 0.29) is 17.3 Å². The van der Waals surface area contributed by atoms with Gasteiger partial charge in [0.25, 0.3) is 5.91 Å². The summed E-state index contributed by atoms with van der Waals surface area (Å²) in [5, 5.41) is 22.6. The molecule has 1 aromatic heterocycles. The van der Waals surface area contributed by atoms with Crippen molar-refractivity contribution >= 4 is 23.3 Å². The molecule has 1 aromatic rings. The number of aliphatic hydroxyl groups excluding tert-OH is 1. The van der Waals surface area contributed by atoms with Gasteiger partial charge in [0, 0.05) is 23.5 Å². The van der Waals surface area contributed by atoms with Crippen LogP contribution in [0.2, 0.25) is 0 Å². The molecule has 0 aromatic carbocycles.